The molecule has 16 heteroatoms. The van der Waals surface area contributed by atoms with Crippen LogP contribution >= 0.6 is 10.2 Å². The van der Waals surface area contributed by atoms with Gasteiger partial charge in [-0.15, -0.1) is 15.0 Å². The second kappa shape index (κ2) is 8.09. The van der Waals surface area contributed by atoms with Gasteiger partial charge >= 0.3 is 16.3 Å². The number of rotatable bonds is 5. The van der Waals surface area contributed by atoms with Crippen LogP contribution in [-0.4, -0.2) is 54.2 Å². The summed E-state index contributed by atoms with van der Waals surface area (Å²) in [6.07, 6.45) is 0.790. The third-order valence-electron chi connectivity index (χ3n) is 5.61. The molecule has 1 atom stereocenters. The fraction of sp³-hybridized carbons (Fsp3) is 0.364. The first-order valence-electron chi connectivity index (χ1n) is 11.2. The van der Waals surface area contributed by atoms with Gasteiger partial charge in [-0.2, -0.15) is 0 Å². The quantitative estimate of drug-likeness (QED) is 0.376. The molecule has 0 aliphatic carbocycles. The van der Waals surface area contributed by atoms with Crippen LogP contribution in [0.2, 0.25) is 0 Å². The van der Waals surface area contributed by atoms with E-state index >= 15 is 0 Å². The third kappa shape index (κ3) is 5.54. The summed E-state index contributed by atoms with van der Waals surface area (Å²) in [5.74, 6) is -0.455. The lowest BCUT2D eigenvalue weighted by Gasteiger charge is -2.40. The molecule has 38 heavy (non-hydrogen) atoms. The Kier molecular flexibility index (Phi) is 5.79. The van der Waals surface area contributed by atoms with Crippen LogP contribution in [0.25, 0.3) is 11.4 Å². The van der Waals surface area contributed by atoms with Gasteiger partial charge in [-0.3, -0.25) is 4.79 Å². The van der Waals surface area contributed by atoms with Gasteiger partial charge in [0, 0.05) is 24.8 Å². The Balaban J connectivity index is 1.57. The highest BCUT2D eigenvalue weighted by Gasteiger charge is 2.65. The van der Waals surface area contributed by atoms with E-state index in [4.69, 9.17) is 4.74 Å². The van der Waals surface area contributed by atoms with E-state index in [1.807, 2.05) is 0 Å². The molecule has 1 fully saturated rings. The van der Waals surface area contributed by atoms with E-state index in [0.29, 0.717) is 0 Å². The number of nitrogens with zero attached hydrogens (tertiary/aromatic N) is 6. The van der Waals surface area contributed by atoms with Gasteiger partial charge in [0.1, 0.15) is 16.3 Å². The van der Waals surface area contributed by atoms with E-state index in [2.05, 4.69) is 25.7 Å². The minimum Gasteiger partial charge on any atom is -0.443 e. The summed E-state index contributed by atoms with van der Waals surface area (Å²) in [6, 6.07) is 5.35. The first-order chi connectivity index (χ1) is 17.3. The molecule has 0 spiro atoms. The Bertz CT molecular complexity index is 1410. The number of halogens is 5. The second-order valence-corrected chi connectivity index (χ2v) is 12.3. The third-order valence-corrected chi connectivity index (χ3v) is 6.77. The van der Waals surface area contributed by atoms with E-state index < -0.39 is 38.3 Å². The lowest BCUT2D eigenvalue weighted by molar-refractivity contribution is -0.134. The average Bonchev–Trinajstić information content (AvgIpc) is 3.38. The van der Waals surface area contributed by atoms with Gasteiger partial charge in [0.05, 0.1) is 5.56 Å². The molecule has 1 saturated heterocycles. The van der Waals surface area contributed by atoms with Crippen molar-refractivity contribution in [3.8, 4) is 11.4 Å². The molecule has 1 N–H and O–H groups in total. The number of tetrazole rings is 1. The number of hydrogen-bond donors (Lipinski definition) is 1. The second-order valence-electron chi connectivity index (χ2n) is 9.88. The van der Waals surface area contributed by atoms with Gasteiger partial charge in [-0.05, 0) is 69.3 Å². The Morgan fingerprint density at radius 2 is 1.76 bits per heavy atom. The zero-order chi connectivity index (χ0) is 28.2. The molecule has 0 saturated carbocycles. The van der Waals surface area contributed by atoms with Gasteiger partial charge in [0.25, 0.3) is 5.91 Å². The molecule has 3 heterocycles. The lowest BCUT2D eigenvalue weighted by atomic mass is 10.0. The first-order valence-corrected chi connectivity index (χ1v) is 13.1. The number of imide groups is 1. The normalized spacial score (nSPS) is 20.1. The molecule has 4 rings (SSSR count). The Labute approximate surface area is 213 Å². The molecule has 3 aromatic rings. The lowest BCUT2D eigenvalue weighted by Crippen LogP contribution is -2.45. The van der Waals surface area contributed by atoms with E-state index in [-0.39, 0.29) is 48.0 Å². The van der Waals surface area contributed by atoms with Crippen molar-refractivity contribution < 1.29 is 33.8 Å². The smallest absolute Gasteiger partial charge is 0.417 e. The van der Waals surface area contributed by atoms with Crippen LogP contribution in [0.1, 0.15) is 34.1 Å². The number of hydrogen-bond acceptors (Lipinski definition) is 8. The highest BCUT2D eigenvalue weighted by molar-refractivity contribution is 8.45. The van der Waals surface area contributed by atoms with Crippen molar-refractivity contribution >= 4 is 33.7 Å². The number of aromatic nitrogens is 5. The van der Waals surface area contributed by atoms with Crippen molar-refractivity contribution in [2.75, 3.05) is 11.9 Å². The first kappa shape index (κ1) is 27.2. The van der Waals surface area contributed by atoms with Crippen LogP contribution in [0.3, 0.4) is 0 Å². The highest BCUT2D eigenvalue weighted by Crippen LogP contribution is 3.02. The zero-order valence-electron chi connectivity index (χ0n) is 20.7. The maximum absolute atomic E-state index is 13.1. The number of carbonyl (C=O) groups is 2. The maximum atomic E-state index is 13.1. The predicted octanol–water partition coefficient (Wildman–Crippen LogP) is 6.02. The number of pyridine rings is 1. The Hall–Kier alpha value is -3.82. The van der Waals surface area contributed by atoms with Gasteiger partial charge < -0.3 is 10.1 Å². The van der Waals surface area contributed by atoms with Crippen molar-refractivity contribution in [3.05, 3.63) is 42.6 Å². The summed E-state index contributed by atoms with van der Waals surface area (Å²) in [7, 11) is -9.81. The number of amides is 2. The van der Waals surface area contributed by atoms with Crippen molar-refractivity contribution in [1.29, 1.82) is 0 Å². The van der Waals surface area contributed by atoms with Crippen molar-refractivity contribution in [2.24, 2.45) is 0 Å². The molecule has 0 bridgehead atoms. The van der Waals surface area contributed by atoms with Gasteiger partial charge in [0.15, 0.2) is 5.54 Å². The summed E-state index contributed by atoms with van der Waals surface area (Å²) in [5.41, 5.74) is -1.81. The topological polar surface area (TPSA) is 115 Å². The maximum Gasteiger partial charge on any atom is 0.417 e. The standard InChI is InChI=1S/C22H24F5N7O3S/c1-21(2,3)37-20(36)33-13-11-22(4,19(33)35)34-31-18(30-32-34)16-6-5-12-28-17(16)29-14-7-9-15(10-8-14)38(23,24,25,26)27/h5-10,12H,11,13H2,1-4H3,(H,28,29). The number of anilines is 2. The number of ether oxygens (including phenoxy) is 1. The minimum atomic E-state index is -9.81. The van der Waals surface area contributed by atoms with E-state index in [1.165, 1.54) is 6.20 Å². The van der Waals surface area contributed by atoms with Gasteiger partial charge in [0.2, 0.25) is 5.82 Å². The molecule has 206 valence electrons. The van der Waals surface area contributed by atoms with Crippen molar-refractivity contribution in [3.63, 3.8) is 0 Å². The number of nitrogens with one attached hydrogen (secondary N) is 1. The largest absolute Gasteiger partial charge is 0.443 e. The number of carbonyl (C=O) groups excluding carboxylic acids is 2. The average molecular weight is 562 g/mol. The van der Waals surface area contributed by atoms with Crippen LogP contribution in [0.5, 0.6) is 0 Å². The summed E-state index contributed by atoms with van der Waals surface area (Å²) in [6.45, 7) is 6.66. The summed E-state index contributed by atoms with van der Waals surface area (Å²) >= 11 is 0. The van der Waals surface area contributed by atoms with Crippen LogP contribution in [-0.2, 0) is 15.1 Å². The molecular weight excluding hydrogens is 537 g/mol. The summed E-state index contributed by atoms with van der Waals surface area (Å²) in [4.78, 5) is 29.7. The van der Waals surface area contributed by atoms with Crippen molar-refractivity contribution in [1.82, 2.24) is 30.1 Å². The van der Waals surface area contributed by atoms with Crippen LogP contribution in [0.4, 0.5) is 35.7 Å². The fourth-order valence-electron chi connectivity index (χ4n) is 3.65. The van der Waals surface area contributed by atoms with E-state index in [9.17, 15) is 29.0 Å². The molecule has 1 aliphatic rings. The molecule has 1 unspecified atom stereocenters. The molecule has 10 nitrogen and oxygen atoms in total. The summed E-state index contributed by atoms with van der Waals surface area (Å²) < 4.78 is 70.3. The minimum absolute atomic E-state index is 0.0222. The van der Waals surface area contributed by atoms with Crippen LogP contribution < -0.4 is 5.32 Å². The molecule has 2 amide bonds. The molecular formula is C22H24F5N7O3S. The number of benzene rings is 1. The molecule has 1 aliphatic heterocycles. The van der Waals surface area contributed by atoms with Crippen LogP contribution in [0, 0.1) is 0 Å². The van der Waals surface area contributed by atoms with Gasteiger partial charge in [-0.25, -0.2) is 14.7 Å². The molecule has 2 aromatic heterocycles. The Morgan fingerprint density at radius 1 is 1.11 bits per heavy atom. The van der Waals surface area contributed by atoms with E-state index in [1.54, 1.807) is 39.8 Å². The van der Waals surface area contributed by atoms with E-state index in [0.717, 1.165) is 21.8 Å². The van der Waals surface area contributed by atoms with Gasteiger partial charge in [-0.1, -0.05) is 19.4 Å². The SMILES string of the molecule is CC(C)(C)OC(=O)N1CCC(C)(n2nnc(-c3cccnc3Nc3ccc(S(F)(F)(F)(F)F)cc3)n2)C1=O. The summed E-state index contributed by atoms with van der Waals surface area (Å²) in [5, 5.41) is 15.0. The predicted molar refractivity (Wildman–Crippen MR) is 128 cm³/mol. The molecule has 1 aromatic carbocycles. The van der Waals surface area contributed by atoms with Crippen molar-refractivity contribution in [2.45, 2.75) is 50.2 Å². The Morgan fingerprint density at radius 3 is 2.37 bits per heavy atom. The monoisotopic (exact) mass is 561 g/mol. The molecule has 0 radical (unpaired) electrons. The van der Waals surface area contributed by atoms with Crippen LogP contribution in [0.15, 0.2) is 47.5 Å². The fourth-order valence-corrected chi connectivity index (χ4v) is 4.30. The number of likely N-dealkylation sites (tertiary alicyclic amines) is 1. The zero-order valence-corrected chi connectivity index (χ0v) is 21.5. The highest BCUT2D eigenvalue weighted by atomic mass is 32.5.